The highest BCUT2D eigenvalue weighted by atomic mass is 35.5. The van der Waals surface area contributed by atoms with E-state index in [0.717, 1.165) is 27.7 Å². The molecule has 150 valence electrons. The van der Waals surface area contributed by atoms with Crippen LogP contribution in [0, 0.1) is 0 Å². The van der Waals surface area contributed by atoms with Crippen molar-refractivity contribution in [2.24, 2.45) is 4.99 Å². The molecule has 1 aliphatic heterocycles. The molecule has 1 aromatic heterocycles. The fourth-order valence-corrected chi connectivity index (χ4v) is 4.63. The third kappa shape index (κ3) is 4.00. The fourth-order valence-electron chi connectivity index (χ4n) is 3.33. The van der Waals surface area contributed by atoms with E-state index in [0.29, 0.717) is 17.2 Å². The molecule has 0 spiro atoms. The number of aliphatic imine (C=N–C) groups is 1. The van der Waals surface area contributed by atoms with Crippen molar-refractivity contribution in [1.29, 1.82) is 0 Å². The van der Waals surface area contributed by atoms with Gasteiger partial charge in [0, 0.05) is 16.6 Å². The lowest BCUT2D eigenvalue weighted by Crippen LogP contribution is -2.13. The van der Waals surface area contributed by atoms with Crippen LogP contribution in [0.1, 0.15) is 48.8 Å². The number of fused-ring (bicyclic) bond motifs is 1. The van der Waals surface area contributed by atoms with E-state index in [4.69, 9.17) is 16.3 Å². The Hall–Kier alpha value is -2.44. The van der Waals surface area contributed by atoms with Crippen LogP contribution < -0.4 is 10.3 Å². The van der Waals surface area contributed by atoms with Gasteiger partial charge in [0.1, 0.15) is 12.4 Å². The highest BCUT2D eigenvalue weighted by Gasteiger charge is 2.30. The first-order chi connectivity index (χ1) is 13.9. The molecule has 5 nitrogen and oxygen atoms in total. The second-order valence-corrected chi connectivity index (χ2v) is 8.92. The van der Waals surface area contributed by atoms with Gasteiger partial charge in [-0.2, -0.15) is 0 Å². The topological polar surface area (TPSA) is 59.4 Å². The highest BCUT2D eigenvalue weighted by molar-refractivity contribution is 8.14. The van der Waals surface area contributed by atoms with Gasteiger partial charge in [-0.3, -0.25) is 14.6 Å². The Morgan fingerprint density at radius 3 is 2.62 bits per heavy atom. The zero-order chi connectivity index (χ0) is 20.5. The van der Waals surface area contributed by atoms with Crippen LogP contribution in [-0.2, 0) is 6.61 Å². The summed E-state index contributed by atoms with van der Waals surface area (Å²) in [6, 6.07) is 15.7. The van der Waals surface area contributed by atoms with E-state index in [9.17, 15) is 4.79 Å². The van der Waals surface area contributed by atoms with Gasteiger partial charge >= 0.3 is 0 Å². The van der Waals surface area contributed by atoms with Crippen molar-refractivity contribution in [1.82, 2.24) is 9.78 Å². The van der Waals surface area contributed by atoms with Crippen molar-refractivity contribution in [2.45, 2.75) is 38.7 Å². The first kappa shape index (κ1) is 19.9. The number of thioether (sulfide) groups is 1. The molecule has 1 unspecified atom stereocenters. The second kappa shape index (κ2) is 8.13. The zero-order valence-electron chi connectivity index (χ0n) is 16.5. The third-order valence-corrected chi connectivity index (χ3v) is 6.35. The number of nitrogens with zero attached hydrogens (tertiary/aromatic N) is 2. The van der Waals surface area contributed by atoms with E-state index in [1.807, 2.05) is 74.0 Å². The van der Waals surface area contributed by atoms with Crippen molar-refractivity contribution in [2.75, 3.05) is 0 Å². The largest absolute Gasteiger partial charge is 0.489 e. The fraction of sp³-hybridized carbons (Fsp3) is 0.273. The minimum atomic E-state index is -0.0936. The summed E-state index contributed by atoms with van der Waals surface area (Å²) in [6.45, 7) is 6.44. The molecule has 29 heavy (non-hydrogen) atoms. The van der Waals surface area contributed by atoms with Crippen molar-refractivity contribution in [3.05, 3.63) is 80.6 Å². The van der Waals surface area contributed by atoms with Crippen LogP contribution in [0.15, 0.2) is 58.3 Å². The van der Waals surface area contributed by atoms with Gasteiger partial charge in [-0.05, 0) is 44.5 Å². The van der Waals surface area contributed by atoms with Crippen LogP contribution in [0.4, 0.5) is 5.82 Å². The summed E-state index contributed by atoms with van der Waals surface area (Å²) in [6.07, 6.45) is 0. The predicted molar refractivity (Wildman–Crippen MR) is 120 cm³/mol. The molecule has 2 heterocycles. The molecule has 4 rings (SSSR count). The van der Waals surface area contributed by atoms with E-state index >= 15 is 0 Å². The first-order valence-corrected chi connectivity index (χ1v) is 10.7. The van der Waals surface area contributed by atoms with Crippen LogP contribution in [-0.4, -0.2) is 14.8 Å². The van der Waals surface area contributed by atoms with Crippen molar-refractivity contribution in [3.63, 3.8) is 0 Å². The van der Waals surface area contributed by atoms with Crippen molar-refractivity contribution in [3.8, 4) is 5.75 Å². The Kier molecular flexibility index (Phi) is 5.56. The molecule has 1 N–H and O–H groups in total. The molecule has 0 bridgehead atoms. The van der Waals surface area contributed by atoms with E-state index < -0.39 is 0 Å². The summed E-state index contributed by atoms with van der Waals surface area (Å²) < 4.78 is 7.72. The van der Waals surface area contributed by atoms with Crippen LogP contribution in [0.2, 0.25) is 5.02 Å². The number of H-pyrrole nitrogens is 1. The van der Waals surface area contributed by atoms with Gasteiger partial charge in [0.05, 0.1) is 15.9 Å². The maximum Gasteiger partial charge on any atom is 0.271 e. The molecule has 0 aliphatic carbocycles. The molecular formula is C22H22ClN3O2S. The van der Waals surface area contributed by atoms with Gasteiger partial charge in [-0.15, -0.1) is 0 Å². The summed E-state index contributed by atoms with van der Waals surface area (Å²) in [4.78, 5) is 17.3. The standard InChI is InChI=1S/C22H22ClN3O2S/c1-13(2)26-21-19(22(27)25-26)20(29-14(3)24-21)15-8-10-17(11-9-15)28-12-16-6-4-5-7-18(16)23/h4-11,13,20H,12H2,1-3H3,(H,25,27). The van der Waals surface area contributed by atoms with E-state index in [2.05, 4.69) is 10.1 Å². The summed E-state index contributed by atoms with van der Waals surface area (Å²) in [5.41, 5.74) is 2.61. The molecule has 2 aromatic carbocycles. The van der Waals surface area contributed by atoms with E-state index in [1.54, 1.807) is 11.8 Å². The minimum absolute atomic E-state index is 0.0819. The van der Waals surface area contributed by atoms with Gasteiger partial charge in [0.25, 0.3) is 5.56 Å². The number of ether oxygens (including phenoxy) is 1. The van der Waals surface area contributed by atoms with Crippen LogP contribution in [0.3, 0.4) is 0 Å². The lowest BCUT2D eigenvalue weighted by molar-refractivity contribution is 0.306. The number of nitrogens with one attached hydrogen (secondary N) is 1. The number of hydrogen-bond donors (Lipinski definition) is 1. The Morgan fingerprint density at radius 1 is 1.21 bits per heavy atom. The lowest BCUT2D eigenvalue weighted by atomic mass is 10.1. The Morgan fingerprint density at radius 2 is 1.93 bits per heavy atom. The molecule has 7 heteroatoms. The molecule has 3 aromatic rings. The third-order valence-electron chi connectivity index (χ3n) is 4.80. The number of hydrogen-bond acceptors (Lipinski definition) is 4. The number of halogens is 1. The second-order valence-electron chi connectivity index (χ2n) is 7.22. The average Bonchev–Trinajstić information content (AvgIpc) is 3.04. The van der Waals surface area contributed by atoms with E-state index in [-0.39, 0.29) is 16.9 Å². The van der Waals surface area contributed by atoms with Crippen LogP contribution in [0.5, 0.6) is 5.75 Å². The summed E-state index contributed by atoms with van der Waals surface area (Å²) in [5.74, 6) is 1.49. The molecule has 0 amide bonds. The molecule has 0 radical (unpaired) electrons. The van der Waals surface area contributed by atoms with Gasteiger partial charge in [0.15, 0.2) is 5.82 Å². The van der Waals surface area contributed by atoms with Gasteiger partial charge < -0.3 is 4.74 Å². The lowest BCUT2D eigenvalue weighted by Gasteiger charge is -2.21. The number of aromatic amines is 1. The Labute approximate surface area is 178 Å². The van der Waals surface area contributed by atoms with Crippen LogP contribution >= 0.6 is 23.4 Å². The van der Waals surface area contributed by atoms with Gasteiger partial charge in [-0.1, -0.05) is 53.7 Å². The predicted octanol–water partition coefficient (Wildman–Crippen LogP) is 5.88. The molecule has 0 fully saturated rings. The smallest absolute Gasteiger partial charge is 0.271 e. The van der Waals surface area contributed by atoms with E-state index in [1.165, 1.54) is 0 Å². The van der Waals surface area contributed by atoms with Crippen molar-refractivity contribution < 1.29 is 4.74 Å². The summed E-state index contributed by atoms with van der Waals surface area (Å²) in [5, 5.41) is 4.47. The molecular weight excluding hydrogens is 406 g/mol. The monoisotopic (exact) mass is 427 g/mol. The molecule has 0 saturated carbocycles. The van der Waals surface area contributed by atoms with Crippen molar-refractivity contribution >= 4 is 34.2 Å². The first-order valence-electron chi connectivity index (χ1n) is 9.46. The molecule has 0 saturated heterocycles. The van der Waals surface area contributed by atoms with Gasteiger partial charge in [0.2, 0.25) is 0 Å². The maximum absolute atomic E-state index is 12.6. The highest BCUT2D eigenvalue weighted by Crippen LogP contribution is 2.44. The minimum Gasteiger partial charge on any atom is -0.489 e. The quantitative estimate of drug-likeness (QED) is 0.553. The number of rotatable bonds is 5. The molecule has 1 aliphatic rings. The Balaban J connectivity index is 1.58. The van der Waals surface area contributed by atoms with Crippen LogP contribution in [0.25, 0.3) is 0 Å². The maximum atomic E-state index is 12.6. The summed E-state index contributed by atoms with van der Waals surface area (Å²) in [7, 11) is 0. The number of aromatic nitrogens is 2. The number of benzene rings is 2. The molecule has 1 atom stereocenters. The average molecular weight is 428 g/mol. The normalized spacial score (nSPS) is 15.9. The van der Waals surface area contributed by atoms with Gasteiger partial charge in [-0.25, -0.2) is 4.99 Å². The Bertz CT molecular complexity index is 1120. The zero-order valence-corrected chi connectivity index (χ0v) is 18.1. The SMILES string of the molecule is CC1=Nc2c(c(=O)[nH]n2C(C)C)C(c2ccc(OCc3ccccc3Cl)cc2)S1. The summed E-state index contributed by atoms with van der Waals surface area (Å²) >= 11 is 7.79.